The van der Waals surface area contributed by atoms with E-state index in [4.69, 9.17) is 9.47 Å². The average Bonchev–Trinajstić information content (AvgIpc) is 2.75. The molecule has 2 rings (SSSR count). The summed E-state index contributed by atoms with van der Waals surface area (Å²) in [5, 5.41) is 9.30. The normalized spacial score (nSPS) is 10.9. The van der Waals surface area contributed by atoms with Gasteiger partial charge in [-0.2, -0.15) is 0 Å². The van der Waals surface area contributed by atoms with Crippen LogP contribution in [0, 0.1) is 0 Å². The maximum absolute atomic E-state index is 11.6. The molecular formula is C22H30N4O3. The number of benzene rings is 2. The molecule has 7 heteroatoms. The third kappa shape index (κ3) is 7.73. The van der Waals surface area contributed by atoms with E-state index >= 15 is 0 Å². The third-order valence-electron chi connectivity index (χ3n) is 4.19. The van der Waals surface area contributed by atoms with Gasteiger partial charge in [0.25, 0.3) is 5.91 Å². The zero-order valence-corrected chi connectivity index (χ0v) is 17.3. The largest absolute Gasteiger partial charge is 0.493 e. The third-order valence-corrected chi connectivity index (χ3v) is 4.19. The molecule has 156 valence electrons. The van der Waals surface area contributed by atoms with Gasteiger partial charge in [-0.3, -0.25) is 9.79 Å². The zero-order chi connectivity index (χ0) is 20.9. The number of nitrogens with zero attached hydrogens (tertiary/aromatic N) is 1. The summed E-state index contributed by atoms with van der Waals surface area (Å²) in [5.41, 5.74) is 2.29. The quantitative estimate of drug-likeness (QED) is 0.422. The van der Waals surface area contributed by atoms with Gasteiger partial charge in [-0.1, -0.05) is 36.4 Å². The number of carbonyl (C=O) groups excluding carboxylic acids is 1. The van der Waals surface area contributed by atoms with Crippen LogP contribution in [0.25, 0.3) is 0 Å². The fourth-order valence-electron chi connectivity index (χ4n) is 2.71. The number of amides is 1. The summed E-state index contributed by atoms with van der Waals surface area (Å²) in [6.07, 6.45) is 0.924. The molecule has 0 aromatic heterocycles. The SMILES string of the molecule is CCNC(=O)COc1ccc(CNC(=NC)NCCc2ccccc2)cc1OC. The van der Waals surface area contributed by atoms with E-state index in [-0.39, 0.29) is 12.5 Å². The highest BCUT2D eigenvalue weighted by atomic mass is 16.5. The minimum atomic E-state index is -0.161. The average molecular weight is 399 g/mol. The first kappa shape index (κ1) is 22.1. The van der Waals surface area contributed by atoms with Gasteiger partial charge in [0, 0.05) is 26.7 Å². The molecule has 29 heavy (non-hydrogen) atoms. The Kier molecular flexibility index (Phi) is 9.35. The Morgan fingerprint density at radius 3 is 2.48 bits per heavy atom. The summed E-state index contributed by atoms with van der Waals surface area (Å²) in [7, 11) is 3.33. The molecule has 0 radical (unpaired) electrons. The van der Waals surface area contributed by atoms with Crippen molar-refractivity contribution in [2.45, 2.75) is 19.9 Å². The van der Waals surface area contributed by atoms with Gasteiger partial charge in [0.15, 0.2) is 24.1 Å². The number of likely N-dealkylation sites (N-methyl/N-ethyl adjacent to an activating group) is 1. The molecule has 0 unspecified atom stereocenters. The lowest BCUT2D eigenvalue weighted by atomic mass is 10.1. The van der Waals surface area contributed by atoms with Crippen LogP contribution in [0.5, 0.6) is 11.5 Å². The molecule has 2 aromatic rings. The van der Waals surface area contributed by atoms with Crippen LogP contribution in [0.4, 0.5) is 0 Å². The first-order valence-corrected chi connectivity index (χ1v) is 9.71. The molecule has 0 saturated carbocycles. The standard InChI is InChI=1S/C22H30N4O3/c1-4-24-21(27)16-29-19-11-10-18(14-20(19)28-3)15-26-22(23-2)25-13-12-17-8-6-5-7-9-17/h5-11,14H,4,12-13,15-16H2,1-3H3,(H,24,27)(H2,23,25,26). The summed E-state index contributed by atoms with van der Waals surface area (Å²) in [6, 6.07) is 15.9. The smallest absolute Gasteiger partial charge is 0.257 e. The van der Waals surface area contributed by atoms with Crippen LogP contribution in [0.2, 0.25) is 0 Å². The molecule has 0 atom stereocenters. The minimum Gasteiger partial charge on any atom is -0.493 e. The Morgan fingerprint density at radius 2 is 1.79 bits per heavy atom. The molecule has 0 spiro atoms. The van der Waals surface area contributed by atoms with E-state index in [1.165, 1.54) is 5.56 Å². The Bertz CT molecular complexity index is 794. The molecule has 0 heterocycles. The number of guanidine groups is 1. The van der Waals surface area contributed by atoms with E-state index in [1.807, 2.05) is 37.3 Å². The summed E-state index contributed by atoms with van der Waals surface area (Å²) in [6.45, 7) is 3.77. The van der Waals surface area contributed by atoms with Crippen LogP contribution in [0.3, 0.4) is 0 Å². The van der Waals surface area contributed by atoms with Crippen molar-refractivity contribution in [2.75, 3.05) is 33.9 Å². The van der Waals surface area contributed by atoms with Gasteiger partial charge in [-0.15, -0.1) is 0 Å². The predicted octanol–water partition coefficient (Wildman–Crippen LogP) is 2.12. The van der Waals surface area contributed by atoms with Gasteiger partial charge in [-0.25, -0.2) is 0 Å². The summed E-state index contributed by atoms with van der Waals surface area (Å²) in [4.78, 5) is 15.8. The Balaban J connectivity index is 1.84. The fraction of sp³-hybridized carbons (Fsp3) is 0.364. The van der Waals surface area contributed by atoms with Crippen LogP contribution in [-0.2, 0) is 17.8 Å². The van der Waals surface area contributed by atoms with Crippen LogP contribution in [0.15, 0.2) is 53.5 Å². The van der Waals surface area contributed by atoms with Gasteiger partial charge >= 0.3 is 0 Å². The van der Waals surface area contributed by atoms with Crippen molar-refractivity contribution >= 4 is 11.9 Å². The number of hydrogen-bond acceptors (Lipinski definition) is 4. The first-order valence-electron chi connectivity index (χ1n) is 9.71. The van der Waals surface area contributed by atoms with Gasteiger partial charge in [0.05, 0.1) is 7.11 Å². The highest BCUT2D eigenvalue weighted by Crippen LogP contribution is 2.28. The maximum atomic E-state index is 11.6. The van der Waals surface area contributed by atoms with Gasteiger partial charge in [0.2, 0.25) is 0 Å². The number of methoxy groups -OCH3 is 1. The molecule has 3 N–H and O–H groups in total. The monoisotopic (exact) mass is 398 g/mol. The van der Waals surface area contributed by atoms with Crippen LogP contribution in [0.1, 0.15) is 18.1 Å². The molecule has 7 nitrogen and oxygen atoms in total. The summed E-state index contributed by atoms with van der Waals surface area (Å²) in [5.74, 6) is 1.69. The highest BCUT2D eigenvalue weighted by molar-refractivity contribution is 5.79. The molecule has 0 aliphatic heterocycles. The van der Waals surface area contributed by atoms with Crippen LogP contribution < -0.4 is 25.4 Å². The number of nitrogens with one attached hydrogen (secondary N) is 3. The van der Waals surface area contributed by atoms with Crippen molar-refractivity contribution in [1.29, 1.82) is 0 Å². The van der Waals surface area contributed by atoms with Crippen LogP contribution in [-0.4, -0.2) is 45.7 Å². The van der Waals surface area contributed by atoms with Gasteiger partial charge in [-0.05, 0) is 36.6 Å². The molecule has 0 aliphatic rings. The Labute approximate surface area is 172 Å². The predicted molar refractivity (Wildman–Crippen MR) is 116 cm³/mol. The number of rotatable bonds is 10. The number of carbonyl (C=O) groups is 1. The van der Waals surface area contributed by atoms with Crippen molar-refractivity contribution < 1.29 is 14.3 Å². The van der Waals surface area contributed by atoms with E-state index in [0.29, 0.717) is 24.6 Å². The molecule has 1 amide bonds. The number of aliphatic imine (C=N–C) groups is 1. The molecule has 2 aromatic carbocycles. The topological polar surface area (TPSA) is 84.0 Å². The Morgan fingerprint density at radius 1 is 1.00 bits per heavy atom. The second-order valence-electron chi connectivity index (χ2n) is 6.32. The van der Waals surface area contributed by atoms with Crippen molar-refractivity contribution in [2.24, 2.45) is 4.99 Å². The second kappa shape index (κ2) is 12.3. The lowest BCUT2D eigenvalue weighted by Gasteiger charge is -2.14. The lowest BCUT2D eigenvalue weighted by Crippen LogP contribution is -2.37. The number of ether oxygens (including phenoxy) is 2. The summed E-state index contributed by atoms with van der Waals surface area (Å²) >= 11 is 0. The summed E-state index contributed by atoms with van der Waals surface area (Å²) < 4.78 is 10.9. The van der Waals surface area contributed by atoms with Crippen molar-refractivity contribution in [3.63, 3.8) is 0 Å². The maximum Gasteiger partial charge on any atom is 0.257 e. The fourth-order valence-corrected chi connectivity index (χ4v) is 2.71. The molecule has 0 aliphatic carbocycles. The van der Waals surface area contributed by atoms with E-state index in [1.54, 1.807) is 20.2 Å². The first-order chi connectivity index (χ1) is 14.2. The van der Waals surface area contributed by atoms with E-state index in [2.05, 4.69) is 33.1 Å². The van der Waals surface area contributed by atoms with E-state index < -0.39 is 0 Å². The van der Waals surface area contributed by atoms with Gasteiger partial charge in [0.1, 0.15) is 0 Å². The highest BCUT2D eigenvalue weighted by Gasteiger charge is 2.09. The lowest BCUT2D eigenvalue weighted by molar-refractivity contribution is -0.123. The molecule has 0 saturated heterocycles. The van der Waals surface area contributed by atoms with Crippen molar-refractivity contribution in [3.05, 3.63) is 59.7 Å². The molecular weight excluding hydrogens is 368 g/mol. The van der Waals surface area contributed by atoms with Crippen molar-refractivity contribution in [1.82, 2.24) is 16.0 Å². The number of hydrogen-bond donors (Lipinski definition) is 3. The van der Waals surface area contributed by atoms with Crippen LogP contribution >= 0.6 is 0 Å². The zero-order valence-electron chi connectivity index (χ0n) is 17.3. The van der Waals surface area contributed by atoms with Gasteiger partial charge < -0.3 is 25.4 Å². The molecule has 0 bridgehead atoms. The van der Waals surface area contributed by atoms with Crippen molar-refractivity contribution in [3.8, 4) is 11.5 Å². The van der Waals surface area contributed by atoms with E-state index in [9.17, 15) is 4.79 Å². The molecule has 0 fully saturated rings. The minimum absolute atomic E-state index is 0.0419. The second-order valence-corrected chi connectivity index (χ2v) is 6.32. The van der Waals surface area contributed by atoms with E-state index in [0.717, 1.165) is 24.5 Å². The Hall–Kier alpha value is -3.22.